The molecule has 1 aliphatic carbocycles. The summed E-state index contributed by atoms with van der Waals surface area (Å²) in [6, 6.07) is 4.70. The van der Waals surface area contributed by atoms with Crippen LogP contribution in [0, 0.1) is 0 Å². The maximum absolute atomic E-state index is 13.1. The third kappa shape index (κ3) is 4.77. The van der Waals surface area contributed by atoms with Crippen molar-refractivity contribution in [2.45, 2.75) is 44.9 Å². The quantitative estimate of drug-likeness (QED) is 0.758. The second kappa shape index (κ2) is 6.52. The summed E-state index contributed by atoms with van der Waals surface area (Å²) in [6.07, 6.45) is -1.53. The van der Waals surface area contributed by atoms with E-state index in [1.807, 2.05) is 6.92 Å². The van der Waals surface area contributed by atoms with Gasteiger partial charge in [-0.3, -0.25) is 0 Å². The molecule has 0 amide bonds. The summed E-state index contributed by atoms with van der Waals surface area (Å²) in [6.45, 7) is 6.19. The SMILES string of the molecule is C=C(CC)COc1ccc(CNC2CC2)cc1C(F)(F)F. The number of benzene rings is 1. The number of ether oxygens (including phenoxy) is 1. The van der Waals surface area contributed by atoms with Gasteiger partial charge in [0.05, 0.1) is 5.56 Å². The van der Waals surface area contributed by atoms with Crippen molar-refractivity contribution in [2.75, 3.05) is 6.61 Å². The van der Waals surface area contributed by atoms with Crippen LogP contribution in [0.2, 0.25) is 0 Å². The van der Waals surface area contributed by atoms with Crippen molar-refractivity contribution in [3.8, 4) is 5.75 Å². The molecular weight excluding hydrogens is 279 g/mol. The smallest absolute Gasteiger partial charge is 0.419 e. The molecule has 5 heteroatoms. The molecule has 0 bridgehead atoms. The van der Waals surface area contributed by atoms with E-state index in [0.29, 0.717) is 24.6 Å². The molecule has 0 aromatic heterocycles. The Morgan fingerprint density at radius 3 is 2.67 bits per heavy atom. The second-order valence-electron chi connectivity index (χ2n) is 5.38. The van der Waals surface area contributed by atoms with Gasteiger partial charge in [0.15, 0.2) is 0 Å². The van der Waals surface area contributed by atoms with Gasteiger partial charge < -0.3 is 10.1 Å². The van der Waals surface area contributed by atoms with E-state index in [1.54, 1.807) is 6.07 Å². The third-order valence-corrected chi connectivity index (χ3v) is 3.45. The van der Waals surface area contributed by atoms with Crippen molar-refractivity contribution in [2.24, 2.45) is 0 Å². The van der Waals surface area contributed by atoms with Gasteiger partial charge in [0, 0.05) is 12.6 Å². The Morgan fingerprint density at radius 1 is 1.38 bits per heavy atom. The fraction of sp³-hybridized carbons (Fsp3) is 0.500. The van der Waals surface area contributed by atoms with E-state index >= 15 is 0 Å². The van der Waals surface area contributed by atoms with Crippen LogP contribution in [0.25, 0.3) is 0 Å². The van der Waals surface area contributed by atoms with Crippen LogP contribution < -0.4 is 10.1 Å². The normalized spacial score (nSPS) is 15.0. The van der Waals surface area contributed by atoms with Crippen molar-refractivity contribution in [3.05, 3.63) is 41.5 Å². The topological polar surface area (TPSA) is 21.3 Å². The fourth-order valence-electron chi connectivity index (χ4n) is 1.87. The molecule has 2 rings (SSSR count). The van der Waals surface area contributed by atoms with E-state index in [9.17, 15) is 13.2 Å². The minimum Gasteiger partial charge on any atom is -0.489 e. The van der Waals surface area contributed by atoms with Crippen molar-refractivity contribution < 1.29 is 17.9 Å². The van der Waals surface area contributed by atoms with Crippen molar-refractivity contribution in [3.63, 3.8) is 0 Å². The number of hydrogen-bond donors (Lipinski definition) is 1. The molecule has 2 nitrogen and oxygen atoms in total. The summed E-state index contributed by atoms with van der Waals surface area (Å²) in [4.78, 5) is 0. The molecule has 0 radical (unpaired) electrons. The van der Waals surface area contributed by atoms with Gasteiger partial charge in [-0.2, -0.15) is 13.2 Å². The van der Waals surface area contributed by atoms with Crippen LogP contribution in [0.3, 0.4) is 0 Å². The van der Waals surface area contributed by atoms with Gasteiger partial charge in [-0.1, -0.05) is 19.6 Å². The van der Waals surface area contributed by atoms with Crippen molar-refractivity contribution >= 4 is 0 Å². The number of nitrogens with one attached hydrogen (secondary N) is 1. The van der Waals surface area contributed by atoms with Gasteiger partial charge in [-0.15, -0.1) is 0 Å². The van der Waals surface area contributed by atoms with Crippen molar-refractivity contribution in [1.29, 1.82) is 0 Å². The van der Waals surface area contributed by atoms with E-state index in [2.05, 4.69) is 11.9 Å². The first-order valence-corrected chi connectivity index (χ1v) is 7.13. The summed E-state index contributed by atoms with van der Waals surface area (Å²) in [5, 5.41) is 3.21. The van der Waals surface area contributed by atoms with Crippen LogP contribution in [0.4, 0.5) is 13.2 Å². The largest absolute Gasteiger partial charge is 0.489 e. The van der Waals surface area contributed by atoms with E-state index in [4.69, 9.17) is 4.74 Å². The molecule has 1 saturated carbocycles. The van der Waals surface area contributed by atoms with Crippen LogP contribution >= 0.6 is 0 Å². The summed E-state index contributed by atoms with van der Waals surface area (Å²) in [5.41, 5.74) is 0.667. The minimum atomic E-state index is -4.42. The van der Waals surface area contributed by atoms with E-state index in [-0.39, 0.29) is 12.4 Å². The molecule has 1 aliphatic rings. The van der Waals surface area contributed by atoms with Crippen molar-refractivity contribution in [1.82, 2.24) is 5.32 Å². The summed E-state index contributed by atoms with van der Waals surface area (Å²) in [7, 11) is 0. The Bertz CT molecular complexity index is 507. The molecular formula is C16H20F3NO. The average Bonchev–Trinajstić information content (AvgIpc) is 3.26. The van der Waals surface area contributed by atoms with Gasteiger partial charge in [0.1, 0.15) is 12.4 Å². The lowest BCUT2D eigenvalue weighted by atomic mass is 10.1. The van der Waals surface area contributed by atoms with E-state index in [1.165, 1.54) is 12.1 Å². The Kier molecular flexibility index (Phi) is 4.93. The Hall–Kier alpha value is -1.49. The molecule has 0 atom stereocenters. The predicted molar refractivity (Wildman–Crippen MR) is 76.2 cm³/mol. The zero-order chi connectivity index (χ0) is 15.5. The Labute approximate surface area is 123 Å². The molecule has 1 fully saturated rings. The molecule has 0 aliphatic heterocycles. The highest BCUT2D eigenvalue weighted by atomic mass is 19.4. The summed E-state index contributed by atoms with van der Waals surface area (Å²) >= 11 is 0. The maximum atomic E-state index is 13.1. The van der Waals surface area contributed by atoms with Crippen LogP contribution in [0.15, 0.2) is 30.4 Å². The van der Waals surface area contributed by atoms with Gasteiger partial charge >= 0.3 is 6.18 Å². The van der Waals surface area contributed by atoms with Gasteiger partial charge in [-0.05, 0) is 42.5 Å². The average molecular weight is 299 g/mol. The van der Waals surface area contributed by atoms with Crippen LogP contribution in [-0.4, -0.2) is 12.6 Å². The first-order chi connectivity index (χ1) is 9.90. The Balaban J connectivity index is 2.12. The second-order valence-corrected chi connectivity index (χ2v) is 5.38. The predicted octanol–water partition coefficient (Wildman–Crippen LogP) is 4.30. The van der Waals surface area contributed by atoms with E-state index in [0.717, 1.165) is 18.4 Å². The lowest BCUT2D eigenvalue weighted by molar-refractivity contribution is -0.138. The molecule has 1 aromatic rings. The number of alkyl halides is 3. The minimum absolute atomic E-state index is 0.110. The lowest BCUT2D eigenvalue weighted by Gasteiger charge is -2.16. The standard InChI is InChI=1S/C16H20F3NO/c1-3-11(2)10-21-15-7-4-12(9-20-13-5-6-13)8-14(15)16(17,18)19/h4,7-8,13,20H,2-3,5-6,9-10H2,1H3. The highest BCUT2D eigenvalue weighted by Crippen LogP contribution is 2.37. The van der Waals surface area contributed by atoms with Gasteiger partial charge in [0.2, 0.25) is 0 Å². The molecule has 21 heavy (non-hydrogen) atoms. The highest BCUT2D eigenvalue weighted by molar-refractivity contribution is 5.39. The Morgan fingerprint density at radius 2 is 2.10 bits per heavy atom. The zero-order valence-electron chi connectivity index (χ0n) is 12.1. The molecule has 0 saturated heterocycles. The first kappa shape index (κ1) is 15.9. The number of rotatable bonds is 7. The molecule has 1 aromatic carbocycles. The molecule has 0 spiro atoms. The number of hydrogen-bond acceptors (Lipinski definition) is 2. The van der Waals surface area contributed by atoms with Crippen LogP contribution in [-0.2, 0) is 12.7 Å². The first-order valence-electron chi connectivity index (χ1n) is 7.13. The van der Waals surface area contributed by atoms with Crippen LogP contribution in [0.5, 0.6) is 5.75 Å². The molecule has 116 valence electrons. The molecule has 0 heterocycles. The van der Waals surface area contributed by atoms with Gasteiger partial charge in [0.25, 0.3) is 0 Å². The van der Waals surface area contributed by atoms with Crippen LogP contribution in [0.1, 0.15) is 37.3 Å². The van der Waals surface area contributed by atoms with Gasteiger partial charge in [-0.25, -0.2) is 0 Å². The van der Waals surface area contributed by atoms with E-state index < -0.39 is 11.7 Å². The zero-order valence-corrected chi connectivity index (χ0v) is 12.1. The number of halogens is 3. The third-order valence-electron chi connectivity index (χ3n) is 3.45. The fourth-order valence-corrected chi connectivity index (χ4v) is 1.87. The maximum Gasteiger partial charge on any atom is 0.419 e. The monoisotopic (exact) mass is 299 g/mol. The molecule has 1 N–H and O–H groups in total. The highest BCUT2D eigenvalue weighted by Gasteiger charge is 2.34. The summed E-state index contributed by atoms with van der Waals surface area (Å²) < 4.78 is 44.6. The lowest BCUT2D eigenvalue weighted by Crippen LogP contribution is -2.16. The summed E-state index contributed by atoms with van der Waals surface area (Å²) in [5.74, 6) is -0.132. The molecule has 0 unspecified atom stereocenters.